The van der Waals surface area contributed by atoms with Gasteiger partial charge >= 0.3 is 0 Å². The van der Waals surface area contributed by atoms with E-state index in [9.17, 15) is 9.90 Å². The molecule has 0 aliphatic heterocycles. The van der Waals surface area contributed by atoms with Crippen LogP contribution in [0.5, 0.6) is 11.5 Å². The monoisotopic (exact) mass is 278 g/mol. The third-order valence-electron chi connectivity index (χ3n) is 3.54. The fourth-order valence-corrected chi connectivity index (χ4v) is 2.36. The fraction of sp³-hybridized carbons (Fsp3) is 0.0556. The minimum atomic E-state index is -0.000671. The van der Waals surface area contributed by atoms with Crippen molar-refractivity contribution in [3.05, 3.63) is 60.2 Å². The Hall–Kier alpha value is -2.81. The summed E-state index contributed by atoms with van der Waals surface area (Å²) in [6, 6.07) is 17.0. The summed E-state index contributed by atoms with van der Waals surface area (Å²) in [7, 11) is 1.65. The van der Waals surface area contributed by atoms with Gasteiger partial charge in [0, 0.05) is 0 Å². The van der Waals surface area contributed by atoms with E-state index in [2.05, 4.69) is 6.07 Å². The molecule has 0 aliphatic rings. The van der Waals surface area contributed by atoms with Crippen LogP contribution in [0.1, 0.15) is 10.4 Å². The van der Waals surface area contributed by atoms with Crippen molar-refractivity contribution >= 4 is 17.1 Å². The Morgan fingerprint density at radius 3 is 2.33 bits per heavy atom. The number of hydrogen-bond acceptors (Lipinski definition) is 3. The number of phenols is 1. The number of fused-ring (bicyclic) bond motifs is 1. The molecule has 3 nitrogen and oxygen atoms in total. The first kappa shape index (κ1) is 13.2. The third kappa shape index (κ3) is 2.46. The van der Waals surface area contributed by atoms with E-state index >= 15 is 0 Å². The van der Waals surface area contributed by atoms with Gasteiger partial charge in [0.25, 0.3) is 0 Å². The molecule has 21 heavy (non-hydrogen) atoms. The molecule has 3 aromatic rings. The number of carbonyl (C=O) groups is 1. The van der Waals surface area contributed by atoms with Gasteiger partial charge in [-0.2, -0.15) is 0 Å². The molecule has 0 fully saturated rings. The summed E-state index contributed by atoms with van der Waals surface area (Å²) in [4.78, 5) is 10.9. The molecule has 0 amide bonds. The SMILES string of the molecule is COc1ccc2cc(-c3ccc(O)c(C=O)c3)ccc2c1. The summed E-state index contributed by atoms with van der Waals surface area (Å²) in [5.41, 5.74) is 2.19. The predicted molar refractivity (Wildman–Crippen MR) is 83.0 cm³/mol. The predicted octanol–water partition coefficient (Wildman–Crippen LogP) is 4.03. The highest BCUT2D eigenvalue weighted by Gasteiger charge is 2.05. The molecular weight excluding hydrogens is 264 g/mol. The van der Waals surface area contributed by atoms with Crippen molar-refractivity contribution in [3.63, 3.8) is 0 Å². The molecule has 1 N–H and O–H groups in total. The van der Waals surface area contributed by atoms with Crippen molar-refractivity contribution in [2.24, 2.45) is 0 Å². The maximum absolute atomic E-state index is 10.9. The van der Waals surface area contributed by atoms with Gasteiger partial charge < -0.3 is 9.84 Å². The highest BCUT2D eigenvalue weighted by atomic mass is 16.5. The second-order valence-electron chi connectivity index (χ2n) is 4.82. The molecule has 0 unspecified atom stereocenters. The third-order valence-corrected chi connectivity index (χ3v) is 3.54. The molecular formula is C18H14O3. The molecule has 0 atom stereocenters. The van der Waals surface area contributed by atoms with Crippen LogP contribution in [0.2, 0.25) is 0 Å². The van der Waals surface area contributed by atoms with Gasteiger partial charge in [-0.05, 0) is 52.2 Å². The zero-order chi connectivity index (χ0) is 14.8. The van der Waals surface area contributed by atoms with Crippen molar-refractivity contribution in [2.45, 2.75) is 0 Å². The number of rotatable bonds is 3. The normalized spacial score (nSPS) is 10.5. The van der Waals surface area contributed by atoms with Gasteiger partial charge in [0.1, 0.15) is 11.5 Å². The van der Waals surface area contributed by atoms with Crippen LogP contribution >= 0.6 is 0 Å². The van der Waals surface area contributed by atoms with Gasteiger partial charge in [-0.25, -0.2) is 0 Å². The van der Waals surface area contributed by atoms with Gasteiger partial charge in [-0.1, -0.05) is 24.3 Å². The first-order chi connectivity index (χ1) is 10.2. The van der Waals surface area contributed by atoms with Crippen LogP contribution in [-0.2, 0) is 0 Å². The standard InChI is InChI=1S/C18H14O3/c1-21-17-6-4-13-8-12(2-3-15(13)10-17)14-5-7-18(20)16(9-14)11-19/h2-11,20H,1H3. The van der Waals surface area contributed by atoms with Crippen LogP contribution in [0, 0.1) is 0 Å². The number of aldehydes is 1. The number of aromatic hydroxyl groups is 1. The molecule has 0 saturated carbocycles. The number of hydrogen-bond donors (Lipinski definition) is 1. The lowest BCUT2D eigenvalue weighted by atomic mass is 9.99. The highest BCUT2D eigenvalue weighted by Crippen LogP contribution is 2.29. The Bertz CT molecular complexity index is 822. The summed E-state index contributed by atoms with van der Waals surface area (Å²) < 4.78 is 5.21. The Morgan fingerprint density at radius 2 is 1.57 bits per heavy atom. The Balaban J connectivity index is 2.10. The van der Waals surface area contributed by atoms with Gasteiger partial charge in [0.2, 0.25) is 0 Å². The van der Waals surface area contributed by atoms with E-state index in [0.717, 1.165) is 27.6 Å². The van der Waals surface area contributed by atoms with Crippen LogP contribution in [0.25, 0.3) is 21.9 Å². The highest BCUT2D eigenvalue weighted by molar-refractivity contribution is 5.89. The lowest BCUT2D eigenvalue weighted by Crippen LogP contribution is -1.86. The van der Waals surface area contributed by atoms with E-state index in [1.165, 1.54) is 6.07 Å². The summed E-state index contributed by atoms with van der Waals surface area (Å²) in [6.45, 7) is 0. The molecule has 0 spiro atoms. The second-order valence-corrected chi connectivity index (χ2v) is 4.82. The number of carbonyl (C=O) groups excluding carboxylic acids is 1. The van der Waals surface area contributed by atoms with E-state index in [1.54, 1.807) is 19.2 Å². The lowest BCUT2D eigenvalue weighted by molar-refractivity contribution is 0.112. The van der Waals surface area contributed by atoms with Crippen LogP contribution in [0.4, 0.5) is 0 Å². The van der Waals surface area contributed by atoms with Crippen molar-refractivity contribution in [1.29, 1.82) is 0 Å². The Labute approximate surface area is 122 Å². The lowest BCUT2D eigenvalue weighted by Gasteiger charge is -2.07. The first-order valence-corrected chi connectivity index (χ1v) is 6.57. The zero-order valence-corrected chi connectivity index (χ0v) is 11.5. The molecule has 0 bridgehead atoms. The van der Waals surface area contributed by atoms with Crippen LogP contribution < -0.4 is 4.74 Å². The number of ether oxygens (including phenoxy) is 1. The van der Waals surface area contributed by atoms with E-state index < -0.39 is 0 Å². The van der Waals surface area contributed by atoms with Gasteiger partial charge in [0.05, 0.1) is 12.7 Å². The maximum atomic E-state index is 10.9. The first-order valence-electron chi connectivity index (χ1n) is 6.57. The fourth-order valence-electron chi connectivity index (χ4n) is 2.36. The van der Waals surface area contributed by atoms with Crippen molar-refractivity contribution in [2.75, 3.05) is 7.11 Å². The summed E-state index contributed by atoms with van der Waals surface area (Å²) in [6.07, 6.45) is 0.657. The average Bonchev–Trinajstić information content (AvgIpc) is 2.54. The molecule has 0 radical (unpaired) electrons. The van der Waals surface area contributed by atoms with Gasteiger partial charge in [0.15, 0.2) is 6.29 Å². The zero-order valence-electron chi connectivity index (χ0n) is 11.5. The van der Waals surface area contributed by atoms with Crippen molar-refractivity contribution in [1.82, 2.24) is 0 Å². The van der Waals surface area contributed by atoms with Crippen molar-refractivity contribution < 1.29 is 14.6 Å². The average molecular weight is 278 g/mol. The molecule has 0 saturated heterocycles. The van der Waals surface area contributed by atoms with Crippen molar-refractivity contribution in [3.8, 4) is 22.6 Å². The van der Waals surface area contributed by atoms with E-state index in [-0.39, 0.29) is 5.75 Å². The Morgan fingerprint density at radius 1 is 0.905 bits per heavy atom. The summed E-state index contributed by atoms with van der Waals surface area (Å²) >= 11 is 0. The van der Waals surface area contributed by atoms with Crippen LogP contribution in [-0.4, -0.2) is 18.5 Å². The Kier molecular flexibility index (Phi) is 3.32. The van der Waals surface area contributed by atoms with Crippen LogP contribution in [0.3, 0.4) is 0 Å². The van der Waals surface area contributed by atoms with E-state index in [1.807, 2.05) is 30.3 Å². The topological polar surface area (TPSA) is 46.5 Å². The molecule has 0 aliphatic carbocycles. The minimum absolute atomic E-state index is 0.000671. The maximum Gasteiger partial charge on any atom is 0.153 e. The molecule has 0 heterocycles. The quantitative estimate of drug-likeness (QED) is 0.736. The van der Waals surface area contributed by atoms with E-state index in [0.29, 0.717) is 11.8 Å². The van der Waals surface area contributed by atoms with Crippen LogP contribution in [0.15, 0.2) is 54.6 Å². The molecule has 3 aromatic carbocycles. The summed E-state index contributed by atoms with van der Waals surface area (Å²) in [5.74, 6) is 0.822. The number of phenolic OH excluding ortho intramolecular Hbond substituents is 1. The summed E-state index contributed by atoms with van der Waals surface area (Å²) in [5, 5.41) is 11.7. The smallest absolute Gasteiger partial charge is 0.153 e. The second kappa shape index (κ2) is 5.29. The largest absolute Gasteiger partial charge is 0.507 e. The van der Waals surface area contributed by atoms with Gasteiger partial charge in [-0.3, -0.25) is 4.79 Å². The number of methoxy groups -OCH3 is 1. The molecule has 3 heteroatoms. The number of benzene rings is 3. The van der Waals surface area contributed by atoms with E-state index in [4.69, 9.17) is 4.74 Å². The minimum Gasteiger partial charge on any atom is -0.507 e. The molecule has 3 rings (SSSR count). The molecule has 0 aromatic heterocycles. The molecule has 104 valence electrons. The van der Waals surface area contributed by atoms with Gasteiger partial charge in [-0.15, -0.1) is 0 Å².